The van der Waals surface area contributed by atoms with E-state index in [1.54, 1.807) is 18.2 Å². The molecule has 1 heterocycles. The van der Waals surface area contributed by atoms with Gasteiger partial charge in [0.25, 0.3) is 0 Å². The summed E-state index contributed by atoms with van der Waals surface area (Å²) in [5.41, 5.74) is 5.63. The van der Waals surface area contributed by atoms with Crippen molar-refractivity contribution >= 4 is 35.2 Å². The number of primary amides is 1. The van der Waals surface area contributed by atoms with Crippen molar-refractivity contribution in [1.82, 2.24) is 4.98 Å². The summed E-state index contributed by atoms with van der Waals surface area (Å²) in [7, 11) is 0. The Morgan fingerprint density at radius 2 is 2.29 bits per heavy atom. The van der Waals surface area contributed by atoms with Gasteiger partial charge >= 0.3 is 0 Å². The highest BCUT2D eigenvalue weighted by atomic mass is 35.5. The maximum atomic E-state index is 10.4. The lowest BCUT2D eigenvalue weighted by atomic mass is 10.2. The van der Waals surface area contributed by atoms with Crippen LogP contribution in [-0.2, 0) is 4.79 Å². The van der Waals surface area contributed by atoms with Crippen LogP contribution in [0.1, 0.15) is 12.0 Å². The molecule has 0 saturated heterocycles. The minimum Gasteiger partial charge on any atom is -0.369 e. The van der Waals surface area contributed by atoms with E-state index >= 15 is 0 Å². The normalized spacial score (nSPS) is 10.7. The van der Waals surface area contributed by atoms with Crippen molar-refractivity contribution < 1.29 is 4.79 Å². The molecule has 3 nitrogen and oxygen atoms in total. The van der Waals surface area contributed by atoms with Crippen molar-refractivity contribution in [2.45, 2.75) is 6.42 Å². The van der Waals surface area contributed by atoms with E-state index in [2.05, 4.69) is 4.98 Å². The summed E-state index contributed by atoms with van der Waals surface area (Å²) in [6.07, 6.45) is 4.89. The Kier molecular flexibility index (Phi) is 3.92. The predicted octanol–water partition coefficient (Wildman–Crippen LogP) is 2.28. The van der Waals surface area contributed by atoms with E-state index in [9.17, 15) is 4.79 Å². The van der Waals surface area contributed by atoms with Crippen molar-refractivity contribution in [2.75, 3.05) is 0 Å². The van der Waals surface area contributed by atoms with Crippen LogP contribution in [0.5, 0.6) is 0 Å². The van der Waals surface area contributed by atoms with Gasteiger partial charge in [-0.2, -0.15) is 0 Å². The predicted molar refractivity (Wildman–Crippen MR) is 57.1 cm³/mol. The van der Waals surface area contributed by atoms with Crippen LogP contribution in [0.2, 0.25) is 10.2 Å². The molecule has 1 rings (SSSR count). The Hall–Kier alpha value is -1.06. The molecule has 2 N–H and O–H groups in total. The SMILES string of the molecule is NC(=O)CC=Cc1cc(Cl)cnc1Cl. The molecule has 0 aliphatic carbocycles. The fourth-order valence-electron chi connectivity index (χ4n) is 0.857. The standard InChI is InChI=1S/C9H8Cl2N2O/c10-7-4-6(9(11)13-5-7)2-1-3-8(12)14/h1-2,4-5H,3H2,(H2,12,14). The van der Waals surface area contributed by atoms with Gasteiger partial charge in [0.2, 0.25) is 5.91 Å². The van der Waals surface area contributed by atoms with Crippen LogP contribution < -0.4 is 5.73 Å². The zero-order valence-electron chi connectivity index (χ0n) is 7.21. The van der Waals surface area contributed by atoms with E-state index in [1.807, 2.05) is 0 Å². The number of hydrogen-bond donors (Lipinski definition) is 1. The average molecular weight is 231 g/mol. The molecule has 74 valence electrons. The largest absolute Gasteiger partial charge is 0.369 e. The number of nitrogens with zero attached hydrogens (tertiary/aromatic N) is 1. The quantitative estimate of drug-likeness (QED) is 0.811. The molecule has 1 amide bonds. The molecular formula is C9H8Cl2N2O. The van der Waals surface area contributed by atoms with Crippen LogP contribution in [0.25, 0.3) is 6.08 Å². The van der Waals surface area contributed by atoms with Crippen LogP contribution in [0.3, 0.4) is 0 Å². The second-order valence-corrected chi connectivity index (χ2v) is 3.40. The molecule has 1 aromatic heterocycles. The fourth-order valence-corrected chi connectivity index (χ4v) is 1.19. The van der Waals surface area contributed by atoms with Crippen molar-refractivity contribution in [2.24, 2.45) is 5.73 Å². The number of hydrogen-bond acceptors (Lipinski definition) is 2. The molecule has 0 aliphatic heterocycles. The second kappa shape index (κ2) is 4.98. The van der Waals surface area contributed by atoms with Gasteiger partial charge in [-0.1, -0.05) is 35.4 Å². The van der Waals surface area contributed by atoms with Gasteiger partial charge in [-0.05, 0) is 6.07 Å². The van der Waals surface area contributed by atoms with Gasteiger partial charge in [-0.15, -0.1) is 0 Å². The van der Waals surface area contributed by atoms with Gasteiger partial charge in [0.15, 0.2) is 0 Å². The molecule has 0 fully saturated rings. The Morgan fingerprint density at radius 3 is 2.93 bits per heavy atom. The Bertz CT molecular complexity index is 377. The second-order valence-electron chi connectivity index (χ2n) is 2.61. The Labute approximate surface area is 91.5 Å². The molecule has 0 aromatic carbocycles. The monoisotopic (exact) mass is 230 g/mol. The highest BCUT2D eigenvalue weighted by Gasteiger charge is 1.98. The summed E-state index contributed by atoms with van der Waals surface area (Å²) in [6, 6.07) is 1.66. The molecule has 0 atom stereocenters. The topological polar surface area (TPSA) is 56.0 Å². The van der Waals surface area contributed by atoms with E-state index in [-0.39, 0.29) is 6.42 Å². The highest BCUT2D eigenvalue weighted by molar-refractivity contribution is 6.33. The van der Waals surface area contributed by atoms with E-state index in [4.69, 9.17) is 28.9 Å². The molecule has 0 radical (unpaired) electrons. The molecule has 1 aromatic rings. The summed E-state index contributed by atoms with van der Waals surface area (Å²) in [5, 5.41) is 0.836. The number of amides is 1. The zero-order valence-corrected chi connectivity index (χ0v) is 8.72. The third-order valence-electron chi connectivity index (χ3n) is 1.45. The summed E-state index contributed by atoms with van der Waals surface area (Å²) in [6.45, 7) is 0. The van der Waals surface area contributed by atoms with E-state index < -0.39 is 5.91 Å². The Balaban J connectivity index is 2.80. The van der Waals surface area contributed by atoms with Crippen LogP contribution >= 0.6 is 23.2 Å². The van der Waals surface area contributed by atoms with Crippen molar-refractivity contribution in [3.05, 3.63) is 34.1 Å². The van der Waals surface area contributed by atoms with E-state index in [1.165, 1.54) is 6.20 Å². The van der Waals surface area contributed by atoms with Crippen LogP contribution in [-0.4, -0.2) is 10.9 Å². The number of nitrogens with two attached hydrogens (primary N) is 1. The molecule has 5 heteroatoms. The van der Waals surface area contributed by atoms with Gasteiger partial charge in [0.05, 0.1) is 5.02 Å². The smallest absolute Gasteiger partial charge is 0.221 e. The third kappa shape index (κ3) is 3.36. The number of carbonyl (C=O) groups is 1. The summed E-state index contributed by atoms with van der Waals surface area (Å²) < 4.78 is 0. The third-order valence-corrected chi connectivity index (χ3v) is 1.97. The summed E-state index contributed by atoms with van der Waals surface area (Å²) in [4.78, 5) is 14.3. The first-order valence-corrected chi connectivity index (χ1v) is 4.61. The number of aromatic nitrogens is 1. The van der Waals surface area contributed by atoms with Gasteiger partial charge in [-0.25, -0.2) is 4.98 Å². The van der Waals surface area contributed by atoms with Gasteiger partial charge in [-0.3, -0.25) is 4.79 Å². The first-order chi connectivity index (χ1) is 6.59. The molecular weight excluding hydrogens is 223 g/mol. The molecule has 0 unspecified atom stereocenters. The minimum atomic E-state index is -0.396. The fraction of sp³-hybridized carbons (Fsp3) is 0.111. The van der Waals surface area contributed by atoms with Gasteiger partial charge in [0.1, 0.15) is 5.15 Å². The Morgan fingerprint density at radius 1 is 1.57 bits per heavy atom. The molecule has 0 aliphatic rings. The maximum absolute atomic E-state index is 10.4. The number of carbonyl (C=O) groups excluding carboxylic acids is 1. The van der Waals surface area contributed by atoms with E-state index in [0.717, 1.165) is 0 Å². The summed E-state index contributed by atoms with van der Waals surface area (Å²) >= 11 is 11.5. The molecule has 0 spiro atoms. The highest BCUT2D eigenvalue weighted by Crippen LogP contribution is 2.18. The average Bonchev–Trinajstić information content (AvgIpc) is 2.10. The van der Waals surface area contributed by atoms with Gasteiger partial charge < -0.3 is 5.73 Å². The molecule has 14 heavy (non-hydrogen) atoms. The van der Waals surface area contributed by atoms with Crippen LogP contribution in [0.15, 0.2) is 18.3 Å². The summed E-state index contributed by atoms with van der Waals surface area (Å²) in [5.74, 6) is -0.396. The van der Waals surface area contributed by atoms with Crippen molar-refractivity contribution in [1.29, 1.82) is 0 Å². The lowest BCUT2D eigenvalue weighted by Gasteiger charge is -1.97. The number of pyridine rings is 1. The first-order valence-electron chi connectivity index (χ1n) is 3.85. The maximum Gasteiger partial charge on any atom is 0.221 e. The lowest BCUT2D eigenvalue weighted by Crippen LogP contribution is -2.07. The van der Waals surface area contributed by atoms with Crippen LogP contribution in [0.4, 0.5) is 0 Å². The van der Waals surface area contributed by atoms with E-state index in [0.29, 0.717) is 15.7 Å². The molecule has 0 bridgehead atoms. The zero-order chi connectivity index (χ0) is 10.6. The van der Waals surface area contributed by atoms with Crippen molar-refractivity contribution in [3.63, 3.8) is 0 Å². The van der Waals surface area contributed by atoms with Crippen LogP contribution in [0, 0.1) is 0 Å². The first kappa shape index (κ1) is 11.0. The number of halogens is 2. The minimum absolute atomic E-state index is 0.169. The van der Waals surface area contributed by atoms with Crippen molar-refractivity contribution in [3.8, 4) is 0 Å². The number of rotatable bonds is 3. The van der Waals surface area contributed by atoms with Gasteiger partial charge in [0, 0.05) is 18.2 Å². The molecule has 0 saturated carbocycles. The lowest BCUT2D eigenvalue weighted by molar-refractivity contribution is -0.117.